The Morgan fingerprint density at radius 1 is 1.37 bits per heavy atom. The Hall–Kier alpha value is -0.580. The average Bonchev–Trinajstić information content (AvgIpc) is 2.43. The summed E-state index contributed by atoms with van der Waals surface area (Å²) >= 11 is 8.08. The van der Waals surface area contributed by atoms with Gasteiger partial charge in [-0.1, -0.05) is 18.5 Å². The molecule has 0 spiro atoms. The largest absolute Gasteiger partial charge is 0.486 e. The van der Waals surface area contributed by atoms with Gasteiger partial charge in [0.25, 0.3) is 0 Å². The van der Waals surface area contributed by atoms with Crippen molar-refractivity contribution in [3.05, 3.63) is 22.7 Å². The molecule has 1 aromatic rings. The number of fused-ring (bicyclic) bond motifs is 1. The monoisotopic (exact) mass is 301 g/mol. The van der Waals surface area contributed by atoms with E-state index in [0.717, 1.165) is 30.0 Å². The zero-order valence-electron chi connectivity index (χ0n) is 11.4. The molecule has 1 heterocycles. The van der Waals surface area contributed by atoms with Crippen LogP contribution in [-0.4, -0.2) is 31.3 Å². The van der Waals surface area contributed by atoms with E-state index in [-0.39, 0.29) is 0 Å². The molecule has 5 heteroatoms. The second kappa shape index (κ2) is 7.27. The van der Waals surface area contributed by atoms with Crippen LogP contribution in [0.2, 0.25) is 5.02 Å². The first-order valence-corrected chi connectivity index (χ1v) is 8.32. The highest BCUT2D eigenvalue weighted by Gasteiger charge is 2.16. The molecule has 106 valence electrons. The smallest absolute Gasteiger partial charge is 0.179 e. The predicted molar refractivity (Wildman–Crippen MR) is 81.7 cm³/mol. The number of rotatable bonds is 6. The normalized spacial score (nSPS) is 15.3. The highest BCUT2D eigenvalue weighted by molar-refractivity contribution is 7.98. The van der Waals surface area contributed by atoms with E-state index in [1.54, 1.807) is 0 Å². The minimum Gasteiger partial charge on any atom is -0.486 e. The number of hydrogen-bond acceptors (Lipinski definition) is 4. The Bertz CT molecular complexity index is 428. The van der Waals surface area contributed by atoms with Gasteiger partial charge in [-0.05, 0) is 30.4 Å². The van der Waals surface area contributed by atoms with Crippen LogP contribution in [0.25, 0.3) is 0 Å². The van der Waals surface area contributed by atoms with Crippen molar-refractivity contribution in [2.45, 2.75) is 25.9 Å². The van der Waals surface area contributed by atoms with Gasteiger partial charge in [-0.2, -0.15) is 11.8 Å². The molecule has 1 atom stereocenters. The molecule has 0 amide bonds. The maximum absolute atomic E-state index is 6.22. The molecule has 0 radical (unpaired) electrons. The van der Waals surface area contributed by atoms with Gasteiger partial charge in [-0.3, -0.25) is 0 Å². The lowest BCUT2D eigenvalue weighted by atomic mass is 10.1. The molecule has 0 saturated carbocycles. The maximum Gasteiger partial charge on any atom is 0.179 e. The van der Waals surface area contributed by atoms with Crippen molar-refractivity contribution in [3.63, 3.8) is 0 Å². The second-order valence-corrected chi connectivity index (χ2v) is 5.86. The fraction of sp³-hybridized carbons (Fsp3) is 0.571. The third-order valence-electron chi connectivity index (χ3n) is 3.11. The zero-order chi connectivity index (χ0) is 13.7. The Balaban J connectivity index is 2.02. The summed E-state index contributed by atoms with van der Waals surface area (Å²) in [6.07, 6.45) is 3.25. The second-order valence-electron chi connectivity index (χ2n) is 4.54. The Labute approximate surface area is 124 Å². The summed E-state index contributed by atoms with van der Waals surface area (Å²) in [6.45, 7) is 4.15. The molecule has 2 rings (SSSR count). The van der Waals surface area contributed by atoms with Gasteiger partial charge in [0.15, 0.2) is 11.5 Å². The van der Waals surface area contributed by atoms with Crippen LogP contribution < -0.4 is 14.8 Å². The van der Waals surface area contributed by atoms with Crippen molar-refractivity contribution in [1.29, 1.82) is 0 Å². The summed E-state index contributed by atoms with van der Waals surface area (Å²) in [5.74, 6) is 2.55. The molecule has 19 heavy (non-hydrogen) atoms. The van der Waals surface area contributed by atoms with Crippen molar-refractivity contribution < 1.29 is 9.47 Å². The van der Waals surface area contributed by atoms with Crippen LogP contribution in [0.1, 0.15) is 18.9 Å². The molecular formula is C14H20ClNO2S. The van der Waals surface area contributed by atoms with Crippen molar-refractivity contribution in [2.75, 3.05) is 25.2 Å². The maximum atomic E-state index is 6.22. The highest BCUT2D eigenvalue weighted by atomic mass is 35.5. The first kappa shape index (κ1) is 14.8. The first-order chi connectivity index (χ1) is 9.24. The van der Waals surface area contributed by atoms with E-state index < -0.39 is 0 Å². The molecule has 0 aromatic heterocycles. The molecule has 1 unspecified atom stereocenters. The molecule has 1 aliphatic rings. The number of hydrogen-bond donors (Lipinski definition) is 1. The van der Waals surface area contributed by atoms with E-state index in [0.29, 0.717) is 30.0 Å². The van der Waals surface area contributed by atoms with Crippen molar-refractivity contribution in [1.82, 2.24) is 5.32 Å². The van der Waals surface area contributed by atoms with Crippen LogP contribution >= 0.6 is 23.4 Å². The molecule has 0 aliphatic carbocycles. The van der Waals surface area contributed by atoms with Gasteiger partial charge in [0, 0.05) is 18.3 Å². The van der Waals surface area contributed by atoms with E-state index in [1.165, 1.54) is 0 Å². The summed E-state index contributed by atoms with van der Waals surface area (Å²) in [7, 11) is 0. The van der Waals surface area contributed by atoms with E-state index in [2.05, 4.69) is 18.5 Å². The van der Waals surface area contributed by atoms with Crippen LogP contribution in [-0.2, 0) is 6.54 Å². The van der Waals surface area contributed by atoms with Crippen LogP contribution in [0, 0.1) is 0 Å². The van der Waals surface area contributed by atoms with E-state index in [9.17, 15) is 0 Å². The fourth-order valence-electron chi connectivity index (χ4n) is 2.05. The van der Waals surface area contributed by atoms with Gasteiger partial charge in [0.05, 0.1) is 5.02 Å². The third kappa shape index (κ3) is 3.94. The highest BCUT2D eigenvalue weighted by Crippen LogP contribution is 2.38. The molecule has 3 nitrogen and oxygen atoms in total. The zero-order valence-corrected chi connectivity index (χ0v) is 12.9. The lowest BCUT2D eigenvalue weighted by Gasteiger charge is -2.21. The summed E-state index contributed by atoms with van der Waals surface area (Å²) in [6, 6.07) is 4.49. The molecule has 0 saturated heterocycles. The number of benzene rings is 1. The molecular weight excluding hydrogens is 282 g/mol. The fourth-order valence-corrected chi connectivity index (χ4v) is 3.09. The summed E-state index contributed by atoms with van der Waals surface area (Å²) < 4.78 is 11.1. The van der Waals surface area contributed by atoms with Gasteiger partial charge in [0.1, 0.15) is 13.2 Å². The Kier molecular flexibility index (Phi) is 5.67. The van der Waals surface area contributed by atoms with Crippen LogP contribution in [0.15, 0.2) is 12.1 Å². The van der Waals surface area contributed by atoms with Crippen molar-refractivity contribution in [3.8, 4) is 11.5 Å². The lowest BCUT2D eigenvalue weighted by molar-refractivity contribution is 0.171. The minimum atomic E-state index is 0.530. The SMILES string of the molecule is CCC(CSC)NCc1cc(Cl)c2c(c1)OCCO2. The predicted octanol–water partition coefficient (Wildman–Crippen LogP) is 3.34. The average molecular weight is 302 g/mol. The van der Waals surface area contributed by atoms with Gasteiger partial charge in [-0.25, -0.2) is 0 Å². The van der Waals surface area contributed by atoms with Crippen LogP contribution in [0.5, 0.6) is 11.5 Å². The van der Waals surface area contributed by atoms with Crippen molar-refractivity contribution >= 4 is 23.4 Å². The van der Waals surface area contributed by atoms with Crippen LogP contribution in [0.3, 0.4) is 0 Å². The number of nitrogens with one attached hydrogen (secondary N) is 1. The van der Waals surface area contributed by atoms with Crippen molar-refractivity contribution in [2.24, 2.45) is 0 Å². The van der Waals surface area contributed by atoms with E-state index in [1.807, 2.05) is 23.9 Å². The molecule has 1 aliphatic heterocycles. The third-order valence-corrected chi connectivity index (χ3v) is 4.13. The van der Waals surface area contributed by atoms with Gasteiger partial charge >= 0.3 is 0 Å². The van der Waals surface area contributed by atoms with Gasteiger partial charge in [-0.15, -0.1) is 0 Å². The molecule has 1 aromatic carbocycles. The Morgan fingerprint density at radius 3 is 2.89 bits per heavy atom. The topological polar surface area (TPSA) is 30.5 Å². The first-order valence-electron chi connectivity index (χ1n) is 6.55. The molecule has 0 fully saturated rings. The quantitative estimate of drug-likeness (QED) is 0.873. The standard InChI is InChI=1S/C14H20ClNO2S/c1-3-11(9-19-2)16-8-10-6-12(15)14-13(7-10)17-4-5-18-14/h6-7,11,16H,3-5,8-9H2,1-2H3. The number of halogens is 1. The lowest BCUT2D eigenvalue weighted by Crippen LogP contribution is -2.30. The summed E-state index contributed by atoms with van der Waals surface area (Å²) in [4.78, 5) is 0. The van der Waals surface area contributed by atoms with Gasteiger partial charge < -0.3 is 14.8 Å². The van der Waals surface area contributed by atoms with E-state index in [4.69, 9.17) is 21.1 Å². The van der Waals surface area contributed by atoms with E-state index >= 15 is 0 Å². The van der Waals surface area contributed by atoms with Gasteiger partial charge in [0.2, 0.25) is 0 Å². The van der Waals surface area contributed by atoms with Crippen LogP contribution in [0.4, 0.5) is 0 Å². The summed E-state index contributed by atoms with van der Waals surface area (Å²) in [5.41, 5.74) is 1.13. The number of ether oxygens (including phenoxy) is 2. The minimum absolute atomic E-state index is 0.530. The number of thioether (sulfide) groups is 1. The Morgan fingerprint density at radius 2 is 2.16 bits per heavy atom. The molecule has 1 N–H and O–H groups in total. The molecule has 0 bridgehead atoms. The summed E-state index contributed by atoms with van der Waals surface area (Å²) in [5, 5.41) is 4.18.